The number of hydrogen-bond acceptors (Lipinski definition) is 8. The van der Waals surface area contributed by atoms with E-state index in [0.717, 1.165) is 17.5 Å². The van der Waals surface area contributed by atoms with E-state index < -0.39 is 0 Å². The molecular weight excluding hydrogens is 440 g/mol. The number of nitrogens with one attached hydrogen (secondary N) is 1. The van der Waals surface area contributed by atoms with Crippen LogP contribution in [0.15, 0.2) is 30.3 Å². The van der Waals surface area contributed by atoms with Crippen molar-refractivity contribution in [2.75, 3.05) is 52.9 Å². The number of nitrogens with zero attached hydrogens (tertiary/aromatic N) is 1. The fraction of sp³-hybridized carbons (Fsp3) is 0.440. The summed E-state index contributed by atoms with van der Waals surface area (Å²) >= 11 is 0. The largest absolute Gasteiger partial charge is 0.493 e. The number of anilines is 1. The minimum atomic E-state index is -0.307. The van der Waals surface area contributed by atoms with E-state index in [9.17, 15) is 9.59 Å². The molecule has 1 unspecified atom stereocenters. The average molecular weight is 471 g/mol. The van der Waals surface area contributed by atoms with E-state index in [4.69, 9.17) is 23.7 Å². The number of esters is 1. The first-order chi connectivity index (χ1) is 16.5. The monoisotopic (exact) mass is 470 g/mol. The zero-order valence-electron chi connectivity index (χ0n) is 19.7. The van der Waals surface area contributed by atoms with Crippen LogP contribution in [0, 0.1) is 0 Å². The van der Waals surface area contributed by atoms with Crippen LogP contribution >= 0.6 is 0 Å². The van der Waals surface area contributed by atoms with Crippen LogP contribution in [0.5, 0.6) is 23.0 Å². The van der Waals surface area contributed by atoms with Gasteiger partial charge in [-0.3, -0.25) is 14.5 Å². The van der Waals surface area contributed by atoms with Gasteiger partial charge in [0.05, 0.1) is 27.8 Å². The summed E-state index contributed by atoms with van der Waals surface area (Å²) in [7, 11) is 4.57. The van der Waals surface area contributed by atoms with Crippen molar-refractivity contribution < 1.29 is 33.3 Å². The third-order valence-corrected chi connectivity index (χ3v) is 6.15. The molecule has 2 aliphatic rings. The van der Waals surface area contributed by atoms with Gasteiger partial charge in [0.1, 0.15) is 13.2 Å². The van der Waals surface area contributed by atoms with Crippen LogP contribution < -0.4 is 24.3 Å². The second-order valence-electron chi connectivity index (χ2n) is 8.14. The second kappa shape index (κ2) is 10.6. The normalized spacial score (nSPS) is 16.9. The Kier molecular flexibility index (Phi) is 7.42. The molecule has 0 bridgehead atoms. The smallest absolute Gasteiger partial charge is 0.307 e. The van der Waals surface area contributed by atoms with Gasteiger partial charge in [-0.25, -0.2) is 0 Å². The Morgan fingerprint density at radius 2 is 1.76 bits per heavy atom. The summed E-state index contributed by atoms with van der Waals surface area (Å²) in [5, 5.41) is 2.92. The molecule has 1 N–H and O–H groups in total. The molecule has 9 nitrogen and oxygen atoms in total. The Balaban J connectivity index is 1.46. The highest BCUT2D eigenvalue weighted by atomic mass is 16.6. The number of benzene rings is 2. The first-order valence-electron chi connectivity index (χ1n) is 11.3. The number of carbonyl (C=O) groups is 2. The molecule has 0 saturated carbocycles. The fourth-order valence-electron chi connectivity index (χ4n) is 4.42. The molecule has 0 aliphatic carbocycles. The lowest BCUT2D eigenvalue weighted by Crippen LogP contribution is -2.38. The number of fused-ring (bicyclic) bond motifs is 2. The maximum Gasteiger partial charge on any atom is 0.307 e. The van der Waals surface area contributed by atoms with Crippen LogP contribution in [0.1, 0.15) is 30.0 Å². The molecule has 2 heterocycles. The van der Waals surface area contributed by atoms with Crippen LogP contribution in [-0.4, -0.2) is 64.4 Å². The lowest BCUT2D eigenvalue weighted by Gasteiger charge is -2.37. The summed E-state index contributed by atoms with van der Waals surface area (Å²) in [5.74, 6) is 2.14. The zero-order chi connectivity index (χ0) is 24.1. The van der Waals surface area contributed by atoms with Gasteiger partial charge in [0, 0.05) is 37.3 Å². The van der Waals surface area contributed by atoms with Crippen LogP contribution in [0.4, 0.5) is 5.69 Å². The van der Waals surface area contributed by atoms with E-state index >= 15 is 0 Å². The fourth-order valence-corrected chi connectivity index (χ4v) is 4.42. The molecule has 0 saturated heterocycles. The van der Waals surface area contributed by atoms with Crippen molar-refractivity contribution in [3.63, 3.8) is 0 Å². The maximum absolute atomic E-state index is 12.7. The van der Waals surface area contributed by atoms with Crippen molar-refractivity contribution in [3.05, 3.63) is 41.5 Å². The molecule has 4 rings (SSSR count). The summed E-state index contributed by atoms with van der Waals surface area (Å²) < 4.78 is 27.0. The Hall–Kier alpha value is -3.46. The standard InChI is InChI=1S/C25H30N2O7/c1-30-21-12-16-6-8-27(19(15-25(29)32-3)18(16)14-22(21)31-2)9-7-24(28)26-17-4-5-20-23(13-17)34-11-10-33-20/h4-5,12-14,19H,6-11,15H2,1-3H3,(H,26,28). The summed E-state index contributed by atoms with van der Waals surface area (Å²) in [4.78, 5) is 27.1. The summed E-state index contributed by atoms with van der Waals surface area (Å²) in [5.41, 5.74) is 2.74. The number of carbonyl (C=O) groups excluding carboxylic acids is 2. The van der Waals surface area contributed by atoms with Gasteiger partial charge < -0.3 is 29.0 Å². The SMILES string of the molecule is COC(=O)CC1c2cc(OC)c(OC)cc2CCN1CCC(=O)Nc1ccc2c(c1)OCCO2. The summed E-state index contributed by atoms with van der Waals surface area (Å²) in [6, 6.07) is 9.01. The molecule has 0 aromatic heterocycles. The van der Waals surface area contributed by atoms with E-state index in [1.807, 2.05) is 12.1 Å². The Bertz CT molecular complexity index is 1060. The molecule has 1 atom stereocenters. The van der Waals surface area contributed by atoms with Crippen molar-refractivity contribution >= 4 is 17.6 Å². The molecule has 2 aliphatic heterocycles. The number of ether oxygens (including phenoxy) is 5. The quantitative estimate of drug-likeness (QED) is 0.589. The highest BCUT2D eigenvalue weighted by Crippen LogP contribution is 2.39. The van der Waals surface area contributed by atoms with Crippen LogP contribution in [0.25, 0.3) is 0 Å². The van der Waals surface area contributed by atoms with Crippen molar-refractivity contribution in [1.82, 2.24) is 4.90 Å². The van der Waals surface area contributed by atoms with Crippen LogP contribution in [0.3, 0.4) is 0 Å². The van der Waals surface area contributed by atoms with Gasteiger partial charge >= 0.3 is 5.97 Å². The van der Waals surface area contributed by atoms with Gasteiger partial charge in [0.25, 0.3) is 0 Å². The van der Waals surface area contributed by atoms with E-state index in [1.54, 1.807) is 32.4 Å². The lowest BCUT2D eigenvalue weighted by atomic mass is 9.90. The van der Waals surface area contributed by atoms with E-state index in [1.165, 1.54) is 7.11 Å². The third-order valence-electron chi connectivity index (χ3n) is 6.15. The van der Waals surface area contributed by atoms with E-state index in [2.05, 4.69) is 10.2 Å². The Morgan fingerprint density at radius 1 is 1.03 bits per heavy atom. The highest BCUT2D eigenvalue weighted by Gasteiger charge is 2.31. The van der Waals surface area contributed by atoms with E-state index in [0.29, 0.717) is 55.0 Å². The van der Waals surface area contributed by atoms with Gasteiger partial charge in [0.2, 0.25) is 5.91 Å². The van der Waals surface area contributed by atoms with Crippen LogP contribution in [0.2, 0.25) is 0 Å². The third kappa shape index (κ3) is 5.20. The number of methoxy groups -OCH3 is 3. The van der Waals surface area contributed by atoms with Crippen LogP contribution in [-0.2, 0) is 20.7 Å². The molecule has 0 fully saturated rings. The van der Waals surface area contributed by atoms with Crippen molar-refractivity contribution in [1.29, 1.82) is 0 Å². The molecule has 182 valence electrons. The number of hydrogen-bond donors (Lipinski definition) is 1. The molecule has 0 spiro atoms. The van der Waals surface area contributed by atoms with Gasteiger partial charge in [-0.2, -0.15) is 0 Å². The van der Waals surface area contributed by atoms with Gasteiger partial charge in [-0.1, -0.05) is 0 Å². The molecular formula is C25H30N2O7. The predicted molar refractivity (Wildman–Crippen MR) is 125 cm³/mol. The van der Waals surface area contributed by atoms with Crippen molar-refractivity contribution in [2.45, 2.75) is 25.3 Å². The molecule has 2 aromatic carbocycles. The number of amides is 1. The second-order valence-corrected chi connectivity index (χ2v) is 8.14. The molecule has 34 heavy (non-hydrogen) atoms. The van der Waals surface area contributed by atoms with Gasteiger partial charge in [0.15, 0.2) is 23.0 Å². The molecule has 2 aromatic rings. The molecule has 9 heteroatoms. The number of rotatable bonds is 8. The topological polar surface area (TPSA) is 95.6 Å². The first-order valence-corrected chi connectivity index (χ1v) is 11.3. The Morgan fingerprint density at radius 3 is 2.50 bits per heavy atom. The average Bonchev–Trinajstić information content (AvgIpc) is 2.87. The minimum absolute atomic E-state index is 0.119. The van der Waals surface area contributed by atoms with Crippen molar-refractivity contribution in [3.8, 4) is 23.0 Å². The van der Waals surface area contributed by atoms with Gasteiger partial charge in [-0.15, -0.1) is 0 Å². The maximum atomic E-state index is 12.7. The lowest BCUT2D eigenvalue weighted by molar-refractivity contribution is -0.142. The summed E-state index contributed by atoms with van der Waals surface area (Å²) in [6.07, 6.45) is 1.23. The molecule has 1 amide bonds. The molecule has 0 radical (unpaired) electrons. The Labute approximate surface area is 198 Å². The van der Waals surface area contributed by atoms with Crippen molar-refractivity contribution in [2.24, 2.45) is 0 Å². The minimum Gasteiger partial charge on any atom is -0.493 e. The predicted octanol–water partition coefficient (Wildman–Crippen LogP) is 2.97. The van der Waals surface area contributed by atoms with E-state index in [-0.39, 0.29) is 30.8 Å². The van der Waals surface area contributed by atoms with Gasteiger partial charge in [-0.05, 0) is 41.8 Å². The highest BCUT2D eigenvalue weighted by molar-refractivity contribution is 5.91. The summed E-state index contributed by atoms with van der Waals surface area (Å²) in [6.45, 7) is 2.20. The zero-order valence-corrected chi connectivity index (χ0v) is 19.7. The first kappa shape index (κ1) is 23.7.